The van der Waals surface area contributed by atoms with Gasteiger partial charge >= 0.3 is 11.9 Å². The lowest BCUT2D eigenvalue weighted by molar-refractivity contribution is -0.150. The fourth-order valence-corrected chi connectivity index (χ4v) is 2.19. The zero-order valence-corrected chi connectivity index (χ0v) is 12.3. The molecule has 0 bridgehead atoms. The molecule has 0 aliphatic carbocycles. The minimum absolute atomic E-state index is 0.0237. The van der Waals surface area contributed by atoms with Crippen LogP contribution in [0.1, 0.15) is 12.0 Å². The van der Waals surface area contributed by atoms with Gasteiger partial charge in [-0.05, 0) is 23.8 Å². The molecule has 0 N–H and O–H groups in total. The number of hydrogen-bond acceptors (Lipinski definition) is 4. The van der Waals surface area contributed by atoms with E-state index in [-0.39, 0.29) is 19.0 Å². The first-order valence-corrected chi connectivity index (χ1v) is 6.84. The van der Waals surface area contributed by atoms with Gasteiger partial charge in [0.2, 0.25) is 0 Å². The second-order valence-corrected chi connectivity index (χ2v) is 5.13. The van der Waals surface area contributed by atoms with Crippen molar-refractivity contribution in [2.45, 2.75) is 12.5 Å². The molecule has 4 nitrogen and oxygen atoms in total. The predicted octanol–water partition coefficient (Wildman–Crippen LogP) is 2.88. The molecule has 1 atom stereocenters. The molecule has 5 heteroatoms. The molecule has 0 aromatic heterocycles. The molecule has 0 fully saturated rings. The number of carbonyl (C=O) groups excluding carboxylic acids is 2. The van der Waals surface area contributed by atoms with Gasteiger partial charge in [0.25, 0.3) is 0 Å². The SMILES string of the molecule is C=CCC(=O)OCC1C=C(c2cccc(Br)c2)C(=O)O1. The number of rotatable bonds is 5. The predicted molar refractivity (Wildman–Crippen MR) is 77.8 cm³/mol. The molecule has 1 unspecified atom stereocenters. The van der Waals surface area contributed by atoms with Gasteiger partial charge in [0.15, 0.2) is 6.10 Å². The second kappa shape index (κ2) is 6.52. The third-order valence-corrected chi connectivity index (χ3v) is 3.18. The van der Waals surface area contributed by atoms with Crippen molar-refractivity contribution >= 4 is 33.4 Å². The van der Waals surface area contributed by atoms with Gasteiger partial charge in [-0.1, -0.05) is 34.1 Å². The Hall–Kier alpha value is -1.88. The van der Waals surface area contributed by atoms with Gasteiger partial charge in [-0.3, -0.25) is 4.79 Å². The Labute approximate surface area is 125 Å². The van der Waals surface area contributed by atoms with Crippen molar-refractivity contribution < 1.29 is 19.1 Å². The van der Waals surface area contributed by atoms with Crippen molar-refractivity contribution in [2.24, 2.45) is 0 Å². The maximum absolute atomic E-state index is 11.8. The van der Waals surface area contributed by atoms with Gasteiger partial charge in [0, 0.05) is 4.47 Å². The first-order chi connectivity index (χ1) is 9.60. The maximum atomic E-state index is 11.8. The highest BCUT2D eigenvalue weighted by Gasteiger charge is 2.27. The van der Waals surface area contributed by atoms with Crippen LogP contribution >= 0.6 is 15.9 Å². The Morgan fingerprint density at radius 2 is 2.30 bits per heavy atom. The number of benzene rings is 1. The zero-order chi connectivity index (χ0) is 14.5. The van der Waals surface area contributed by atoms with E-state index in [0.717, 1.165) is 10.0 Å². The number of hydrogen-bond donors (Lipinski definition) is 0. The molecule has 1 heterocycles. The summed E-state index contributed by atoms with van der Waals surface area (Å²) in [6.45, 7) is 3.47. The zero-order valence-electron chi connectivity index (χ0n) is 10.7. The van der Waals surface area contributed by atoms with E-state index in [2.05, 4.69) is 22.5 Å². The van der Waals surface area contributed by atoms with Crippen LogP contribution in [0.5, 0.6) is 0 Å². The van der Waals surface area contributed by atoms with Crippen molar-refractivity contribution in [2.75, 3.05) is 6.61 Å². The summed E-state index contributed by atoms with van der Waals surface area (Å²) in [6.07, 6.45) is 2.74. The molecule has 1 aliphatic heterocycles. The highest BCUT2D eigenvalue weighted by molar-refractivity contribution is 9.10. The number of esters is 2. The summed E-state index contributed by atoms with van der Waals surface area (Å²) in [5.74, 6) is -0.798. The standard InChI is InChI=1S/C15H13BrO4/c1-2-4-14(17)19-9-12-8-13(15(18)20-12)10-5-3-6-11(16)7-10/h2-3,5-8,12H,1,4,9H2. The fraction of sp³-hybridized carbons (Fsp3) is 0.200. The summed E-state index contributed by atoms with van der Waals surface area (Å²) < 4.78 is 11.0. The molecule has 2 rings (SSSR count). The van der Waals surface area contributed by atoms with Gasteiger partial charge in [0.05, 0.1) is 12.0 Å². The van der Waals surface area contributed by atoms with Gasteiger partial charge in [0.1, 0.15) is 6.61 Å². The normalized spacial score (nSPS) is 17.4. The Kier molecular flexibility index (Phi) is 4.74. The van der Waals surface area contributed by atoms with Crippen molar-refractivity contribution in [3.05, 3.63) is 53.0 Å². The molecule has 0 spiro atoms. The Morgan fingerprint density at radius 1 is 1.50 bits per heavy atom. The molecule has 104 valence electrons. The van der Waals surface area contributed by atoms with Crippen LogP contribution in [0.3, 0.4) is 0 Å². The molecule has 0 saturated carbocycles. The number of halogens is 1. The average Bonchev–Trinajstić information content (AvgIpc) is 2.78. The van der Waals surface area contributed by atoms with Gasteiger partial charge in [-0.2, -0.15) is 0 Å². The van der Waals surface area contributed by atoms with Crippen molar-refractivity contribution in [1.29, 1.82) is 0 Å². The third kappa shape index (κ3) is 3.57. The lowest BCUT2D eigenvalue weighted by Gasteiger charge is -2.08. The Bertz CT molecular complexity index is 577. The lowest BCUT2D eigenvalue weighted by atomic mass is 10.1. The minimum atomic E-state index is -0.537. The van der Waals surface area contributed by atoms with Crippen LogP contribution < -0.4 is 0 Å². The van der Waals surface area contributed by atoms with E-state index < -0.39 is 12.1 Å². The quantitative estimate of drug-likeness (QED) is 0.612. The number of carbonyl (C=O) groups is 2. The van der Waals surface area contributed by atoms with Crippen LogP contribution in [0.2, 0.25) is 0 Å². The summed E-state index contributed by atoms with van der Waals surface area (Å²) in [7, 11) is 0. The summed E-state index contributed by atoms with van der Waals surface area (Å²) in [5, 5.41) is 0. The molecule has 0 radical (unpaired) electrons. The maximum Gasteiger partial charge on any atom is 0.339 e. The second-order valence-electron chi connectivity index (χ2n) is 4.21. The van der Waals surface area contributed by atoms with E-state index in [0.29, 0.717) is 5.57 Å². The lowest BCUT2D eigenvalue weighted by Crippen LogP contribution is -2.18. The first-order valence-electron chi connectivity index (χ1n) is 6.05. The monoisotopic (exact) mass is 336 g/mol. The summed E-state index contributed by atoms with van der Waals surface area (Å²) >= 11 is 3.35. The smallest absolute Gasteiger partial charge is 0.339 e. The van der Waals surface area contributed by atoms with Crippen LogP contribution in [-0.4, -0.2) is 24.6 Å². The van der Waals surface area contributed by atoms with Gasteiger partial charge in [-0.15, -0.1) is 6.58 Å². The van der Waals surface area contributed by atoms with E-state index in [1.807, 2.05) is 24.3 Å². The summed E-state index contributed by atoms with van der Waals surface area (Å²) in [4.78, 5) is 23.0. The summed E-state index contributed by atoms with van der Waals surface area (Å²) in [6, 6.07) is 7.37. The molecule has 20 heavy (non-hydrogen) atoms. The van der Waals surface area contributed by atoms with E-state index in [1.165, 1.54) is 6.08 Å². The van der Waals surface area contributed by atoms with Crippen LogP contribution in [0, 0.1) is 0 Å². The summed E-state index contributed by atoms with van der Waals surface area (Å²) in [5.41, 5.74) is 1.25. The van der Waals surface area contributed by atoms with Crippen LogP contribution in [0.25, 0.3) is 5.57 Å². The topological polar surface area (TPSA) is 52.6 Å². The van der Waals surface area contributed by atoms with E-state index in [4.69, 9.17) is 9.47 Å². The number of cyclic esters (lactones) is 1. The molecular formula is C15H13BrO4. The van der Waals surface area contributed by atoms with E-state index >= 15 is 0 Å². The van der Waals surface area contributed by atoms with Crippen LogP contribution in [0.4, 0.5) is 0 Å². The molecule has 0 saturated heterocycles. The molecule has 0 amide bonds. The Balaban J connectivity index is 2.04. The van der Waals surface area contributed by atoms with Crippen molar-refractivity contribution in [3.8, 4) is 0 Å². The molecule has 1 aromatic rings. The van der Waals surface area contributed by atoms with Crippen LogP contribution in [-0.2, 0) is 19.1 Å². The van der Waals surface area contributed by atoms with Crippen molar-refractivity contribution in [3.63, 3.8) is 0 Å². The van der Waals surface area contributed by atoms with Gasteiger partial charge < -0.3 is 9.47 Å². The highest BCUT2D eigenvalue weighted by Crippen LogP contribution is 2.26. The van der Waals surface area contributed by atoms with Crippen molar-refractivity contribution in [1.82, 2.24) is 0 Å². The van der Waals surface area contributed by atoms with E-state index in [9.17, 15) is 9.59 Å². The first kappa shape index (κ1) is 14.5. The third-order valence-electron chi connectivity index (χ3n) is 2.69. The number of ether oxygens (including phenoxy) is 2. The molecule has 1 aliphatic rings. The molecular weight excluding hydrogens is 324 g/mol. The largest absolute Gasteiger partial charge is 0.461 e. The molecule has 1 aromatic carbocycles. The minimum Gasteiger partial charge on any atom is -0.461 e. The fourth-order valence-electron chi connectivity index (χ4n) is 1.79. The Morgan fingerprint density at radius 3 is 3.00 bits per heavy atom. The van der Waals surface area contributed by atoms with E-state index in [1.54, 1.807) is 6.08 Å². The van der Waals surface area contributed by atoms with Gasteiger partial charge in [-0.25, -0.2) is 4.79 Å². The average molecular weight is 337 g/mol. The highest BCUT2D eigenvalue weighted by atomic mass is 79.9. The van der Waals surface area contributed by atoms with Crippen LogP contribution in [0.15, 0.2) is 47.5 Å².